The molecule has 1 unspecified atom stereocenters. The van der Waals surface area contributed by atoms with Crippen LogP contribution in [0.2, 0.25) is 0 Å². The normalized spacial score (nSPS) is 16.5. The van der Waals surface area contributed by atoms with E-state index in [1.807, 2.05) is 6.07 Å². The lowest BCUT2D eigenvalue weighted by molar-refractivity contribution is 0.373. The average molecular weight is 377 g/mol. The van der Waals surface area contributed by atoms with Crippen LogP contribution in [0.5, 0.6) is 5.88 Å². The van der Waals surface area contributed by atoms with Crippen molar-refractivity contribution in [3.8, 4) is 11.9 Å². The predicted molar refractivity (Wildman–Crippen MR) is 83.0 cm³/mol. The lowest BCUT2D eigenvalue weighted by Crippen LogP contribution is -2.29. The van der Waals surface area contributed by atoms with Gasteiger partial charge in [0.1, 0.15) is 23.3 Å². The molecule has 2 heterocycles. The lowest BCUT2D eigenvalue weighted by Gasteiger charge is -2.24. The molecular formula is C15H10BrFN4O2. The van der Waals surface area contributed by atoms with Crippen LogP contribution in [0, 0.1) is 24.1 Å². The number of nitrogens with zero attached hydrogens (tertiary/aromatic N) is 2. The monoisotopic (exact) mass is 376 g/mol. The van der Waals surface area contributed by atoms with Crippen LogP contribution in [0.15, 0.2) is 38.9 Å². The van der Waals surface area contributed by atoms with Gasteiger partial charge in [0.2, 0.25) is 11.8 Å². The number of hydrogen-bond acceptors (Lipinski definition) is 5. The number of ether oxygens (including phenoxy) is 1. The van der Waals surface area contributed by atoms with E-state index in [0.29, 0.717) is 11.4 Å². The summed E-state index contributed by atoms with van der Waals surface area (Å²) in [6.07, 6.45) is 0. The first-order valence-corrected chi connectivity index (χ1v) is 7.35. The highest BCUT2D eigenvalue weighted by Gasteiger charge is 2.34. The number of rotatable bonds is 1. The molecule has 6 nitrogen and oxygen atoms in total. The van der Waals surface area contributed by atoms with Crippen LogP contribution < -0.4 is 16.0 Å². The third kappa shape index (κ3) is 2.49. The molecule has 116 valence electrons. The Morgan fingerprint density at radius 1 is 1.52 bits per heavy atom. The Bertz CT molecular complexity index is 945. The van der Waals surface area contributed by atoms with Gasteiger partial charge in [0.15, 0.2) is 0 Å². The molecule has 0 bridgehead atoms. The average Bonchev–Trinajstić information content (AvgIpc) is 2.48. The Balaban J connectivity index is 2.31. The third-order valence-corrected chi connectivity index (χ3v) is 4.09. The first-order valence-electron chi connectivity index (χ1n) is 6.55. The van der Waals surface area contributed by atoms with E-state index in [1.165, 1.54) is 18.2 Å². The standard InChI is InChI=1S/C15H10BrFN4O2/c1-6-20-14(22)12-11(7-2-3-10(17)9(16)4-7)8(5-18)13(19)23-15(12)21-6/h2-4,11H,19H2,1H3,(H,20,21,22). The highest BCUT2D eigenvalue weighted by Crippen LogP contribution is 2.39. The molecule has 23 heavy (non-hydrogen) atoms. The van der Waals surface area contributed by atoms with Crippen molar-refractivity contribution < 1.29 is 9.13 Å². The third-order valence-electron chi connectivity index (χ3n) is 3.49. The molecule has 3 N–H and O–H groups in total. The maximum absolute atomic E-state index is 13.5. The van der Waals surface area contributed by atoms with Gasteiger partial charge in [-0.1, -0.05) is 6.07 Å². The Hall–Kier alpha value is -2.66. The molecule has 0 spiro atoms. The molecule has 1 aliphatic rings. The number of aromatic nitrogens is 2. The van der Waals surface area contributed by atoms with Crippen molar-refractivity contribution in [1.82, 2.24) is 9.97 Å². The van der Waals surface area contributed by atoms with Gasteiger partial charge in [-0.15, -0.1) is 0 Å². The van der Waals surface area contributed by atoms with Crippen molar-refractivity contribution in [2.75, 3.05) is 0 Å². The molecule has 2 aromatic rings. The molecule has 0 amide bonds. The molecule has 0 saturated carbocycles. The fraction of sp³-hybridized carbons (Fsp3) is 0.133. The number of allylic oxidation sites excluding steroid dienone is 1. The fourth-order valence-corrected chi connectivity index (χ4v) is 2.89. The zero-order chi connectivity index (χ0) is 16.7. The summed E-state index contributed by atoms with van der Waals surface area (Å²) in [5.74, 6) is -0.943. The van der Waals surface area contributed by atoms with Gasteiger partial charge >= 0.3 is 0 Å². The summed E-state index contributed by atoms with van der Waals surface area (Å²) in [4.78, 5) is 19.1. The number of nitrogens with one attached hydrogen (secondary N) is 1. The Morgan fingerprint density at radius 3 is 2.91 bits per heavy atom. The summed E-state index contributed by atoms with van der Waals surface area (Å²) in [6, 6.07) is 6.19. The van der Waals surface area contributed by atoms with Gasteiger partial charge in [0.25, 0.3) is 5.56 Å². The van der Waals surface area contributed by atoms with E-state index < -0.39 is 17.3 Å². The molecule has 8 heteroatoms. The Labute approximate surface area is 138 Å². The van der Waals surface area contributed by atoms with E-state index >= 15 is 0 Å². The molecule has 1 aromatic carbocycles. The van der Waals surface area contributed by atoms with Crippen LogP contribution in [0.3, 0.4) is 0 Å². The maximum Gasteiger partial charge on any atom is 0.258 e. The number of halogens is 2. The van der Waals surface area contributed by atoms with Gasteiger partial charge in [0, 0.05) is 0 Å². The van der Waals surface area contributed by atoms with Gasteiger partial charge in [-0.25, -0.2) is 4.39 Å². The molecule has 1 atom stereocenters. The summed E-state index contributed by atoms with van der Waals surface area (Å²) in [7, 11) is 0. The van der Waals surface area contributed by atoms with E-state index in [2.05, 4.69) is 25.9 Å². The molecule has 0 radical (unpaired) electrons. The number of aryl methyl sites for hydroxylation is 1. The van der Waals surface area contributed by atoms with Crippen LogP contribution in [0.1, 0.15) is 22.9 Å². The molecule has 0 saturated heterocycles. The van der Waals surface area contributed by atoms with Gasteiger partial charge in [-0.3, -0.25) is 4.79 Å². The highest BCUT2D eigenvalue weighted by molar-refractivity contribution is 9.10. The zero-order valence-electron chi connectivity index (χ0n) is 11.9. The SMILES string of the molecule is Cc1nc2c(c(=O)[nH]1)C(c1ccc(F)c(Br)c1)C(C#N)=C(N)O2. The van der Waals surface area contributed by atoms with Crippen LogP contribution in [-0.2, 0) is 0 Å². The minimum absolute atomic E-state index is 0.0493. The van der Waals surface area contributed by atoms with Crippen molar-refractivity contribution >= 4 is 15.9 Å². The number of aromatic amines is 1. The number of H-pyrrole nitrogens is 1. The number of nitrogens with two attached hydrogens (primary N) is 1. The fourth-order valence-electron chi connectivity index (χ4n) is 2.49. The van der Waals surface area contributed by atoms with Crippen LogP contribution in [0.4, 0.5) is 4.39 Å². The summed E-state index contributed by atoms with van der Waals surface area (Å²) in [5, 5.41) is 9.40. The van der Waals surface area contributed by atoms with E-state index in [9.17, 15) is 14.4 Å². The second kappa shape index (κ2) is 5.52. The maximum atomic E-state index is 13.5. The smallest absolute Gasteiger partial charge is 0.258 e. The minimum atomic E-state index is -0.780. The van der Waals surface area contributed by atoms with Crippen molar-refractivity contribution in [3.05, 3.63) is 67.3 Å². The molecule has 0 fully saturated rings. The summed E-state index contributed by atoms with van der Waals surface area (Å²) in [6.45, 7) is 1.61. The molecule has 0 aliphatic carbocycles. The largest absolute Gasteiger partial charge is 0.422 e. The van der Waals surface area contributed by atoms with Gasteiger partial charge in [0.05, 0.1) is 16.0 Å². The first kappa shape index (κ1) is 15.2. The Kier molecular flexibility index (Phi) is 3.66. The van der Waals surface area contributed by atoms with Crippen molar-refractivity contribution in [2.24, 2.45) is 5.73 Å². The number of fused-ring (bicyclic) bond motifs is 1. The number of benzene rings is 1. The van der Waals surface area contributed by atoms with E-state index in [1.54, 1.807) is 6.92 Å². The second-order valence-electron chi connectivity index (χ2n) is 4.97. The number of hydrogen-bond donors (Lipinski definition) is 2. The zero-order valence-corrected chi connectivity index (χ0v) is 13.4. The van der Waals surface area contributed by atoms with Gasteiger partial charge < -0.3 is 15.5 Å². The van der Waals surface area contributed by atoms with Crippen molar-refractivity contribution in [1.29, 1.82) is 5.26 Å². The minimum Gasteiger partial charge on any atom is -0.422 e. The summed E-state index contributed by atoms with van der Waals surface area (Å²) < 4.78 is 19.0. The van der Waals surface area contributed by atoms with Crippen LogP contribution in [-0.4, -0.2) is 9.97 Å². The quantitative estimate of drug-likeness (QED) is 0.793. The van der Waals surface area contributed by atoms with Gasteiger partial charge in [-0.05, 0) is 40.5 Å². The number of nitriles is 1. The van der Waals surface area contributed by atoms with Gasteiger partial charge in [-0.2, -0.15) is 10.2 Å². The van der Waals surface area contributed by atoms with Crippen molar-refractivity contribution in [3.63, 3.8) is 0 Å². The van der Waals surface area contributed by atoms with E-state index in [-0.39, 0.29) is 27.4 Å². The molecule has 1 aliphatic heterocycles. The van der Waals surface area contributed by atoms with E-state index in [4.69, 9.17) is 10.5 Å². The van der Waals surface area contributed by atoms with Crippen LogP contribution in [0.25, 0.3) is 0 Å². The molecular weight excluding hydrogens is 367 g/mol. The highest BCUT2D eigenvalue weighted by atomic mass is 79.9. The van der Waals surface area contributed by atoms with Crippen LogP contribution >= 0.6 is 15.9 Å². The molecule has 1 aromatic heterocycles. The molecule has 3 rings (SSSR count). The Morgan fingerprint density at radius 2 is 2.26 bits per heavy atom. The van der Waals surface area contributed by atoms with E-state index in [0.717, 1.165) is 0 Å². The summed E-state index contributed by atoms with van der Waals surface area (Å²) >= 11 is 3.10. The summed E-state index contributed by atoms with van der Waals surface area (Å²) in [5.41, 5.74) is 6.13. The lowest BCUT2D eigenvalue weighted by atomic mass is 9.85. The first-order chi connectivity index (χ1) is 10.9. The second-order valence-corrected chi connectivity index (χ2v) is 5.82. The van der Waals surface area contributed by atoms with Crippen molar-refractivity contribution in [2.45, 2.75) is 12.8 Å². The predicted octanol–water partition coefficient (Wildman–Crippen LogP) is 2.20. The topological polar surface area (TPSA) is 105 Å².